The largest absolute Gasteiger partial charge is 0.343 e. The van der Waals surface area contributed by atoms with Crippen LogP contribution in [-0.2, 0) is 10.5 Å². The van der Waals surface area contributed by atoms with Crippen molar-refractivity contribution >= 4 is 34.5 Å². The normalized spacial score (nSPS) is 20.4. The second kappa shape index (κ2) is 7.40. The van der Waals surface area contributed by atoms with Gasteiger partial charge in [-0.25, -0.2) is 4.39 Å². The summed E-state index contributed by atoms with van der Waals surface area (Å²) < 4.78 is 14.8. The number of fused-ring (bicyclic) bond motifs is 1. The zero-order valence-electron chi connectivity index (χ0n) is 15.2. The highest BCUT2D eigenvalue weighted by Gasteiger charge is 2.39. The van der Waals surface area contributed by atoms with E-state index >= 15 is 0 Å². The molecule has 1 saturated heterocycles. The zero-order valence-corrected chi connectivity index (χ0v) is 16.0. The summed E-state index contributed by atoms with van der Waals surface area (Å²) in [5.41, 5.74) is 0.199. The minimum absolute atomic E-state index is 0.186. The maximum Gasteiger partial charge on any atom is 0.252 e. The van der Waals surface area contributed by atoms with Gasteiger partial charge >= 0.3 is 0 Å². The molecule has 0 bridgehead atoms. The molecule has 1 aromatic heterocycles. The Kier molecular flexibility index (Phi) is 4.94. The lowest BCUT2D eigenvalue weighted by Gasteiger charge is -2.34. The molecule has 8 heteroatoms. The molecule has 144 valence electrons. The van der Waals surface area contributed by atoms with Gasteiger partial charge < -0.3 is 10.2 Å². The van der Waals surface area contributed by atoms with E-state index in [-0.39, 0.29) is 12.5 Å². The molecule has 6 nitrogen and oxygen atoms in total. The van der Waals surface area contributed by atoms with Crippen molar-refractivity contribution in [2.24, 2.45) is 0 Å². The van der Waals surface area contributed by atoms with Crippen molar-refractivity contribution in [3.05, 3.63) is 41.6 Å². The van der Waals surface area contributed by atoms with Gasteiger partial charge in [0, 0.05) is 17.3 Å². The third-order valence-electron chi connectivity index (χ3n) is 5.40. The Morgan fingerprint density at radius 1 is 1.39 bits per heavy atom. The number of carbonyl (C=O) groups is 2. The second-order valence-corrected chi connectivity index (χ2v) is 8.10. The molecule has 28 heavy (non-hydrogen) atoms. The summed E-state index contributed by atoms with van der Waals surface area (Å²) in [6.07, 6.45) is 3.36. The van der Waals surface area contributed by atoms with Gasteiger partial charge in [-0.05, 0) is 43.0 Å². The van der Waals surface area contributed by atoms with Crippen molar-refractivity contribution in [2.45, 2.75) is 31.0 Å². The average molecular weight is 398 g/mol. The first-order valence-electron chi connectivity index (χ1n) is 9.15. The predicted octanol–water partition coefficient (Wildman–Crippen LogP) is 2.74. The summed E-state index contributed by atoms with van der Waals surface area (Å²) in [6.45, 7) is -0.186. The fourth-order valence-electron chi connectivity index (χ4n) is 3.55. The van der Waals surface area contributed by atoms with E-state index in [2.05, 4.69) is 16.4 Å². The van der Waals surface area contributed by atoms with Crippen molar-refractivity contribution in [3.63, 3.8) is 0 Å². The summed E-state index contributed by atoms with van der Waals surface area (Å²) in [4.78, 5) is 30.8. The smallest absolute Gasteiger partial charge is 0.252 e. The van der Waals surface area contributed by atoms with Crippen molar-refractivity contribution in [1.29, 1.82) is 5.26 Å². The van der Waals surface area contributed by atoms with Crippen LogP contribution in [0.15, 0.2) is 30.5 Å². The lowest BCUT2D eigenvalue weighted by atomic mass is 9.76. The van der Waals surface area contributed by atoms with Crippen LogP contribution >= 0.6 is 11.8 Å². The molecule has 1 saturated carbocycles. The number of thioether (sulfide) groups is 1. The summed E-state index contributed by atoms with van der Waals surface area (Å²) in [7, 11) is 0. The molecule has 2 heterocycles. The van der Waals surface area contributed by atoms with E-state index in [4.69, 9.17) is 5.26 Å². The number of aromatic nitrogens is 1. The number of amides is 2. The lowest BCUT2D eigenvalue weighted by molar-refractivity contribution is -0.129. The predicted molar refractivity (Wildman–Crippen MR) is 104 cm³/mol. The van der Waals surface area contributed by atoms with Gasteiger partial charge in [-0.1, -0.05) is 6.07 Å². The number of hydrogen-bond donors (Lipinski definition) is 1. The Morgan fingerprint density at radius 2 is 2.21 bits per heavy atom. The maximum atomic E-state index is 14.8. The quantitative estimate of drug-likeness (QED) is 0.856. The molecule has 2 aliphatic rings. The highest BCUT2D eigenvalue weighted by atomic mass is 32.2. The Morgan fingerprint density at radius 3 is 2.93 bits per heavy atom. The van der Waals surface area contributed by atoms with E-state index < -0.39 is 17.6 Å². The van der Waals surface area contributed by atoms with Crippen LogP contribution in [0, 0.1) is 11.3 Å². The minimum Gasteiger partial charge on any atom is -0.343 e. The summed E-state index contributed by atoms with van der Waals surface area (Å²) >= 11 is 1.51. The molecule has 2 amide bonds. The fourth-order valence-corrected chi connectivity index (χ4v) is 4.65. The van der Waals surface area contributed by atoms with Crippen LogP contribution in [0.2, 0.25) is 0 Å². The van der Waals surface area contributed by atoms with Gasteiger partial charge in [0.05, 0.1) is 29.6 Å². The molecular formula is C20H19FN4O2S. The summed E-state index contributed by atoms with van der Waals surface area (Å²) in [5.74, 6) is 0.326. The number of nitriles is 1. The van der Waals surface area contributed by atoms with Gasteiger partial charge in [0.2, 0.25) is 5.91 Å². The third-order valence-corrected chi connectivity index (χ3v) is 6.41. The van der Waals surface area contributed by atoms with Crippen LogP contribution in [0.3, 0.4) is 0 Å². The van der Waals surface area contributed by atoms with Crippen LogP contribution in [0.5, 0.6) is 0 Å². The molecule has 1 N–H and O–H groups in total. The minimum atomic E-state index is -1.33. The van der Waals surface area contributed by atoms with Crippen molar-refractivity contribution in [3.8, 4) is 6.07 Å². The first-order valence-corrected chi connectivity index (χ1v) is 10.3. The van der Waals surface area contributed by atoms with E-state index in [1.807, 2.05) is 0 Å². The van der Waals surface area contributed by atoms with E-state index in [1.165, 1.54) is 22.9 Å². The Balaban J connectivity index is 1.53. The van der Waals surface area contributed by atoms with Gasteiger partial charge in [-0.3, -0.25) is 14.6 Å². The molecule has 1 unspecified atom stereocenters. The standard InChI is InChI=1S/C20H19FN4O2S/c21-20(5-1-6-20)13-2-3-17-16(8-13)15(4-7-23-17)19(27)24-10-18(26)25-12-28-11-14(25)9-22/h2-4,7-8,14H,1,5-6,10-12H2,(H,24,27). The number of halogens is 1. The van der Waals surface area contributed by atoms with E-state index in [0.29, 0.717) is 46.5 Å². The topological polar surface area (TPSA) is 86.1 Å². The molecule has 1 aromatic carbocycles. The van der Waals surface area contributed by atoms with Gasteiger partial charge in [0.25, 0.3) is 5.91 Å². The first kappa shape index (κ1) is 18.7. The number of benzene rings is 1. The van der Waals surface area contributed by atoms with E-state index in [1.54, 1.807) is 24.3 Å². The molecule has 0 spiro atoms. The second-order valence-electron chi connectivity index (χ2n) is 7.10. The SMILES string of the molecule is N#CC1CSCN1C(=O)CNC(=O)c1ccnc2ccc(C3(F)CCC3)cc12. The van der Waals surface area contributed by atoms with Crippen molar-refractivity contribution in [1.82, 2.24) is 15.2 Å². The van der Waals surface area contributed by atoms with E-state index in [9.17, 15) is 14.0 Å². The van der Waals surface area contributed by atoms with Crippen LogP contribution < -0.4 is 5.32 Å². The number of carbonyl (C=O) groups excluding carboxylic acids is 2. The maximum absolute atomic E-state index is 14.8. The Hall–Kier alpha value is -2.66. The number of pyridine rings is 1. The average Bonchev–Trinajstić information content (AvgIpc) is 3.18. The van der Waals surface area contributed by atoms with Crippen LogP contribution in [0.1, 0.15) is 35.2 Å². The lowest BCUT2D eigenvalue weighted by Crippen LogP contribution is -2.42. The highest BCUT2D eigenvalue weighted by molar-refractivity contribution is 7.99. The Bertz CT molecular complexity index is 986. The summed E-state index contributed by atoms with van der Waals surface area (Å²) in [6, 6.07) is 8.36. The monoisotopic (exact) mass is 398 g/mol. The van der Waals surface area contributed by atoms with Crippen LogP contribution in [0.4, 0.5) is 4.39 Å². The van der Waals surface area contributed by atoms with Crippen molar-refractivity contribution in [2.75, 3.05) is 18.2 Å². The summed E-state index contributed by atoms with van der Waals surface area (Å²) in [5, 5.41) is 12.3. The number of rotatable bonds is 4. The molecule has 2 aromatic rings. The van der Waals surface area contributed by atoms with Gasteiger partial charge in [-0.15, -0.1) is 11.8 Å². The van der Waals surface area contributed by atoms with Crippen LogP contribution in [0.25, 0.3) is 10.9 Å². The van der Waals surface area contributed by atoms with E-state index in [0.717, 1.165) is 6.42 Å². The zero-order chi connectivity index (χ0) is 19.7. The molecule has 4 rings (SSSR count). The number of nitrogens with zero attached hydrogens (tertiary/aromatic N) is 3. The highest BCUT2D eigenvalue weighted by Crippen LogP contribution is 2.45. The Labute approximate surface area is 166 Å². The molecular weight excluding hydrogens is 379 g/mol. The van der Waals surface area contributed by atoms with Crippen LogP contribution in [-0.4, -0.2) is 45.9 Å². The van der Waals surface area contributed by atoms with Crippen molar-refractivity contribution < 1.29 is 14.0 Å². The molecule has 1 aliphatic carbocycles. The first-order chi connectivity index (χ1) is 13.5. The number of alkyl halides is 1. The van der Waals surface area contributed by atoms with Gasteiger partial charge in [0.1, 0.15) is 11.7 Å². The molecule has 1 atom stereocenters. The molecule has 0 radical (unpaired) electrons. The fraction of sp³-hybridized carbons (Fsp3) is 0.400. The van der Waals surface area contributed by atoms with Gasteiger partial charge in [0.15, 0.2) is 0 Å². The van der Waals surface area contributed by atoms with Gasteiger partial charge in [-0.2, -0.15) is 5.26 Å². The number of hydrogen-bond acceptors (Lipinski definition) is 5. The number of nitrogens with one attached hydrogen (secondary N) is 1. The third kappa shape index (κ3) is 3.31. The molecule has 2 fully saturated rings. The molecule has 1 aliphatic heterocycles.